The van der Waals surface area contributed by atoms with Gasteiger partial charge in [-0.1, -0.05) is 18.2 Å². The molecule has 108 valence electrons. The van der Waals surface area contributed by atoms with Gasteiger partial charge < -0.3 is 9.47 Å². The van der Waals surface area contributed by atoms with Crippen LogP contribution in [-0.4, -0.2) is 25.9 Å². The molecule has 0 amide bonds. The Morgan fingerprint density at radius 2 is 1.86 bits per heavy atom. The van der Waals surface area contributed by atoms with Crippen LogP contribution >= 0.6 is 0 Å². The lowest BCUT2D eigenvalue weighted by Gasteiger charge is -2.04. The molecule has 0 unspecified atom stereocenters. The van der Waals surface area contributed by atoms with E-state index in [1.165, 1.54) is 0 Å². The van der Waals surface area contributed by atoms with Crippen molar-refractivity contribution in [1.29, 1.82) is 0 Å². The zero-order chi connectivity index (χ0) is 15.1. The Morgan fingerprint density at radius 1 is 1.14 bits per heavy atom. The molecular formula is C17H17NO3. The molecule has 0 aliphatic heterocycles. The Bertz CT molecular complexity index is 633. The van der Waals surface area contributed by atoms with Crippen molar-refractivity contribution in [2.45, 2.75) is 6.92 Å². The van der Waals surface area contributed by atoms with Crippen LogP contribution in [0.15, 0.2) is 53.5 Å². The van der Waals surface area contributed by atoms with E-state index in [1.54, 1.807) is 32.4 Å². The highest BCUT2D eigenvalue weighted by molar-refractivity contribution is 5.99. The molecule has 0 atom stereocenters. The molecule has 0 heterocycles. The molecule has 0 spiro atoms. The summed E-state index contributed by atoms with van der Waals surface area (Å²) in [5.41, 5.74) is 2.03. The maximum absolute atomic E-state index is 11.9. The summed E-state index contributed by atoms with van der Waals surface area (Å²) in [5, 5.41) is 0. The molecular weight excluding hydrogens is 266 g/mol. The van der Waals surface area contributed by atoms with Gasteiger partial charge in [0.25, 0.3) is 0 Å². The van der Waals surface area contributed by atoms with Crippen molar-refractivity contribution < 1.29 is 14.3 Å². The lowest BCUT2D eigenvalue weighted by atomic mass is 10.1. The first kappa shape index (κ1) is 14.8. The number of aliphatic imine (C=N–C) groups is 1. The average Bonchev–Trinajstić information content (AvgIpc) is 2.54. The molecule has 4 nitrogen and oxygen atoms in total. The first-order valence-electron chi connectivity index (χ1n) is 6.69. The summed E-state index contributed by atoms with van der Waals surface area (Å²) in [6.45, 7) is 2.13. The number of hydrogen-bond acceptors (Lipinski definition) is 4. The summed E-state index contributed by atoms with van der Waals surface area (Å²) in [6.07, 6.45) is 1.66. The minimum atomic E-state index is -0.339. The summed E-state index contributed by atoms with van der Waals surface area (Å²) >= 11 is 0. The van der Waals surface area contributed by atoms with Crippen LogP contribution in [0.1, 0.15) is 22.8 Å². The molecule has 2 aromatic carbocycles. The van der Waals surface area contributed by atoms with Gasteiger partial charge in [0.1, 0.15) is 5.75 Å². The normalized spacial score (nSPS) is 10.6. The number of ether oxygens (including phenoxy) is 2. The number of carbonyl (C=O) groups is 1. The van der Waals surface area contributed by atoms with E-state index in [0.29, 0.717) is 12.2 Å². The van der Waals surface area contributed by atoms with Gasteiger partial charge in [0.2, 0.25) is 0 Å². The van der Waals surface area contributed by atoms with E-state index in [1.807, 2.05) is 36.4 Å². The highest BCUT2D eigenvalue weighted by atomic mass is 16.5. The van der Waals surface area contributed by atoms with Crippen LogP contribution in [0.5, 0.6) is 5.75 Å². The Labute approximate surface area is 124 Å². The SMILES string of the molecule is CCOC(=O)c1ccccc1C=Nc1ccc(OC)cc1. The van der Waals surface area contributed by atoms with Gasteiger partial charge in [-0.3, -0.25) is 4.99 Å². The number of benzene rings is 2. The maximum Gasteiger partial charge on any atom is 0.338 e. The molecule has 0 aromatic heterocycles. The van der Waals surface area contributed by atoms with Gasteiger partial charge in [-0.05, 0) is 37.3 Å². The van der Waals surface area contributed by atoms with E-state index in [4.69, 9.17) is 9.47 Å². The van der Waals surface area contributed by atoms with Crippen LogP contribution < -0.4 is 4.74 Å². The predicted octanol–water partition coefficient (Wildman–Crippen LogP) is 3.62. The molecule has 2 aromatic rings. The van der Waals surface area contributed by atoms with Gasteiger partial charge in [-0.15, -0.1) is 0 Å². The molecule has 0 saturated carbocycles. The van der Waals surface area contributed by atoms with Crippen molar-refractivity contribution in [2.24, 2.45) is 4.99 Å². The topological polar surface area (TPSA) is 47.9 Å². The van der Waals surface area contributed by atoms with E-state index in [-0.39, 0.29) is 5.97 Å². The third-order valence-corrected chi connectivity index (χ3v) is 2.88. The predicted molar refractivity (Wildman–Crippen MR) is 82.6 cm³/mol. The number of hydrogen-bond donors (Lipinski definition) is 0. The number of rotatable bonds is 5. The Hall–Kier alpha value is -2.62. The molecule has 4 heteroatoms. The zero-order valence-electron chi connectivity index (χ0n) is 12.1. The maximum atomic E-state index is 11.9. The summed E-state index contributed by atoms with van der Waals surface area (Å²) in [6, 6.07) is 14.6. The van der Waals surface area contributed by atoms with Crippen LogP contribution in [0.25, 0.3) is 0 Å². The van der Waals surface area contributed by atoms with E-state index in [2.05, 4.69) is 4.99 Å². The van der Waals surface area contributed by atoms with Crippen LogP contribution in [0.4, 0.5) is 5.69 Å². The standard InChI is InChI=1S/C17H17NO3/c1-3-21-17(19)16-7-5-4-6-13(16)12-18-14-8-10-15(20-2)11-9-14/h4-12H,3H2,1-2H3. The molecule has 21 heavy (non-hydrogen) atoms. The van der Waals surface area contributed by atoms with Crippen molar-refractivity contribution >= 4 is 17.9 Å². The zero-order valence-corrected chi connectivity index (χ0v) is 12.1. The second kappa shape index (κ2) is 7.24. The van der Waals surface area contributed by atoms with Crippen LogP contribution in [0.2, 0.25) is 0 Å². The van der Waals surface area contributed by atoms with Crippen molar-refractivity contribution in [1.82, 2.24) is 0 Å². The molecule has 0 saturated heterocycles. The number of nitrogens with zero attached hydrogens (tertiary/aromatic N) is 1. The Kier molecular flexibility index (Phi) is 5.10. The lowest BCUT2D eigenvalue weighted by Crippen LogP contribution is -2.07. The third-order valence-electron chi connectivity index (χ3n) is 2.88. The van der Waals surface area contributed by atoms with Gasteiger partial charge in [0, 0.05) is 11.8 Å². The monoisotopic (exact) mass is 283 g/mol. The van der Waals surface area contributed by atoms with Gasteiger partial charge in [-0.2, -0.15) is 0 Å². The van der Waals surface area contributed by atoms with E-state index in [0.717, 1.165) is 17.0 Å². The van der Waals surface area contributed by atoms with Gasteiger partial charge >= 0.3 is 5.97 Å². The smallest absolute Gasteiger partial charge is 0.338 e. The van der Waals surface area contributed by atoms with Crippen LogP contribution in [-0.2, 0) is 4.74 Å². The molecule has 0 radical (unpaired) electrons. The second-order valence-electron chi connectivity index (χ2n) is 4.26. The van der Waals surface area contributed by atoms with E-state index in [9.17, 15) is 4.79 Å². The van der Waals surface area contributed by atoms with Crippen molar-refractivity contribution in [3.63, 3.8) is 0 Å². The van der Waals surface area contributed by atoms with E-state index >= 15 is 0 Å². The highest BCUT2D eigenvalue weighted by Crippen LogP contribution is 2.18. The first-order chi connectivity index (χ1) is 10.2. The fourth-order valence-corrected chi connectivity index (χ4v) is 1.82. The highest BCUT2D eigenvalue weighted by Gasteiger charge is 2.09. The Morgan fingerprint density at radius 3 is 2.52 bits per heavy atom. The lowest BCUT2D eigenvalue weighted by molar-refractivity contribution is 0.0526. The fraction of sp³-hybridized carbons (Fsp3) is 0.176. The average molecular weight is 283 g/mol. The summed E-state index contributed by atoms with van der Waals surface area (Å²) in [7, 11) is 1.62. The molecule has 0 aliphatic carbocycles. The van der Waals surface area contributed by atoms with Crippen LogP contribution in [0.3, 0.4) is 0 Å². The summed E-state index contributed by atoms with van der Waals surface area (Å²) in [4.78, 5) is 16.2. The molecule has 2 rings (SSSR count). The fourth-order valence-electron chi connectivity index (χ4n) is 1.82. The summed E-state index contributed by atoms with van der Waals surface area (Å²) in [5.74, 6) is 0.440. The number of methoxy groups -OCH3 is 1. The summed E-state index contributed by atoms with van der Waals surface area (Å²) < 4.78 is 10.1. The van der Waals surface area contributed by atoms with Crippen molar-refractivity contribution in [3.05, 3.63) is 59.7 Å². The van der Waals surface area contributed by atoms with Crippen LogP contribution in [0, 0.1) is 0 Å². The second-order valence-corrected chi connectivity index (χ2v) is 4.26. The van der Waals surface area contributed by atoms with Gasteiger partial charge in [0.15, 0.2) is 0 Å². The number of carbonyl (C=O) groups excluding carboxylic acids is 1. The number of esters is 1. The Balaban J connectivity index is 2.22. The van der Waals surface area contributed by atoms with Crippen molar-refractivity contribution in [2.75, 3.05) is 13.7 Å². The molecule has 0 bridgehead atoms. The third kappa shape index (κ3) is 3.92. The largest absolute Gasteiger partial charge is 0.497 e. The minimum absolute atomic E-state index is 0.339. The van der Waals surface area contributed by atoms with E-state index < -0.39 is 0 Å². The van der Waals surface area contributed by atoms with Gasteiger partial charge in [-0.25, -0.2) is 4.79 Å². The quantitative estimate of drug-likeness (QED) is 0.622. The van der Waals surface area contributed by atoms with Crippen molar-refractivity contribution in [3.8, 4) is 5.75 Å². The molecule has 0 aliphatic rings. The first-order valence-corrected chi connectivity index (χ1v) is 6.69. The van der Waals surface area contributed by atoms with Gasteiger partial charge in [0.05, 0.1) is 25.0 Å². The molecule has 0 N–H and O–H groups in total. The molecule has 0 fully saturated rings. The minimum Gasteiger partial charge on any atom is -0.497 e.